The molecule has 2 amide bonds. The molecule has 0 unspecified atom stereocenters. The minimum atomic E-state index is -0.269. The molecule has 30 heavy (non-hydrogen) atoms. The maximum absolute atomic E-state index is 12.3. The van der Waals surface area contributed by atoms with E-state index >= 15 is 0 Å². The number of thiazole rings is 1. The number of rotatable bonds is 6. The topological polar surface area (TPSA) is 84.0 Å². The molecular formula is C23H18N4O2S. The van der Waals surface area contributed by atoms with Gasteiger partial charge in [-0.25, -0.2) is 4.98 Å². The molecule has 0 atom stereocenters. The minimum absolute atomic E-state index is 0.122. The summed E-state index contributed by atoms with van der Waals surface area (Å²) in [5.74, 6) is -0.445. The van der Waals surface area contributed by atoms with E-state index in [-0.39, 0.29) is 18.2 Å². The first-order valence-electron chi connectivity index (χ1n) is 9.29. The van der Waals surface area contributed by atoms with Crippen LogP contribution in [-0.2, 0) is 16.0 Å². The fourth-order valence-electron chi connectivity index (χ4n) is 2.85. The summed E-state index contributed by atoms with van der Waals surface area (Å²) in [6, 6.07) is 18.9. The van der Waals surface area contributed by atoms with Crippen molar-refractivity contribution in [1.82, 2.24) is 9.97 Å². The number of amides is 2. The van der Waals surface area contributed by atoms with Crippen molar-refractivity contribution >= 4 is 50.9 Å². The molecule has 4 rings (SSSR count). The molecule has 2 heterocycles. The lowest BCUT2D eigenvalue weighted by atomic mass is 10.2. The summed E-state index contributed by atoms with van der Waals surface area (Å²) in [5.41, 5.74) is 3.11. The molecule has 0 fully saturated rings. The van der Waals surface area contributed by atoms with Crippen LogP contribution in [0, 0.1) is 0 Å². The first kappa shape index (κ1) is 19.5. The number of carbonyl (C=O) groups excluding carboxylic acids is 2. The largest absolute Gasteiger partial charge is 0.326 e. The van der Waals surface area contributed by atoms with E-state index in [0.29, 0.717) is 16.5 Å². The molecular weight excluding hydrogens is 396 g/mol. The van der Waals surface area contributed by atoms with Crippen molar-refractivity contribution in [3.63, 3.8) is 0 Å². The van der Waals surface area contributed by atoms with Crippen molar-refractivity contribution in [3.8, 4) is 0 Å². The molecule has 4 aromatic rings. The van der Waals surface area contributed by atoms with Gasteiger partial charge in [0.1, 0.15) is 0 Å². The van der Waals surface area contributed by atoms with E-state index in [9.17, 15) is 9.59 Å². The van der Waals surface area contributed by atoms with Crippen molar-refractivity contribution in [3.05, 3.63) is 89.6 Å². The van der Waals surface area contributed by atoms with Gasteiger partial charge in [-0.1, -0.05) is 36.4 Å². The van der Waals surface area contributed by atoms with Gasteiger partial charge in [0.05, 0.1) is 17.6 Å². The lowest BCUT2D eigenvalue weighted by Gasteiger charge is -2.05. The molecule has 2 N–H and O–H groups in total. The average Bonchev–Trinajstić information content (AvgIpc) is 3.19. The van der Waals surface area contributed by atoms with Crippen molar-refractivity contribution in [2.24, 2.45) is 0 Å². The van der Waals surface area contributed by atoms with Crippen LogP contribution in [0.2, 0.25) is 0 Å². The summed E-state index contributed by atoms with van der Waals surface area (Å²) in [6.07, 6.45) is 5.04. The van der Waals surface area contributed by atoms with Gasteiger partial charge in [0.15, 0.2) is 5.13 Å². The summed E-state index contributed by atoms with van der Waals surface area (Å²) in [7, 11) is 0. The van der Waals surface area contributed by atoms with Gasteiger partial charge < -0.3 is 5.32 Å². The molecule has 0 saturated heterocycles. The first-order valence-corrected chi connectivity index (χ1v) is 10.2. The predicted molar refractivity (Wildman–Crippen MR) is 120 cm³/mol. The highest BCUT2D eigenvalue weighted by Gasteiger charge is 2.10. The third-order valence-corrected chi connectivity index (χ3v) is 5.04. The van der Waals surface area contributed by atoms with Crippen LogP contribution in [0.4, 0.5) is 10.8 Å². The number of pyridine rings is 1. The Bertz CT molecular complexity index is 1220. The Kier molecular flexibility index (Phi) is 5.91. The number of fused-ring (bicyclic) bond motifs is 1. The van der Waals surface area contributed by atoms with Gasteiger partial charge in [0.25, 0.3) is 0 Å². The smallest absolute Gasteiger partial charge is 0.250 e. The van der Waals surface area contributed by atoms with Gasteiger partial charge in [-0.05, 0) is 35.9 Å². The Morgan fingerprint density at radius 2 is 1.87 bits per heavy atom. The van der Waals surface area contributed by atoms with Gasteiger partial charge in [0.2, 0.25) is 11.8 Å². The number of nitrogens with one attached hydrogen (secondary N) is 2. The van der Waals surface area contributed by atoms with Crippen molar-refractivity contribution in [2.45, 2.75) is 6.42 Å². The van der Waals surface area contributed by atoms with E-state index in [2.05, 4.69) is 20.6 Å². The number of hydrogen-bond acceptors (Lipinski definition) is 5. The van der Waals surface area contributed by atoms with Gasteiger partial charge in [0, 0.05) is 28.7 Å². The first-order chi connectivity index (χ1) is 14.7. The Morgan fingerprint density at radius 3 is 2.73 bits per heavy atom. The SMILES string of the molecule is O=C(/C=C/c1ccccc1)Nc1nc(CC(=O)Nc2ccc3ncccc3c2)cs1. The van der Waals surface area contributed by atoms with Crippen LogP contribution >= 0.6 is 11.3 Å². The second kappa shape index (κ2) is 9.11. The van der Waals surface area contributed by atoms with E-state index < -0.39 is 0 Å². The standard InChI is InChI=1S/C23H18N4O2S/c28-21(11-8-16-5-2-1-3-6-16)27-23-26-19(15-30-23)14-22(29)25-18-9-10-20-17(13-18)7-4-12-24-20/h1-13,15H,14H2,(H,25,29)(H,26,27,28)/b11-8+. The molecule has 0 saturated carbocycles. The number of carbonyl (C=O) groups is 2. The maximum atomic E-state index is 12.3. The van der Waals surface area contributed by atoms with Crippen LogP contribution in [0.25, 0.3) is 17.0 Å². The lowest BCUT2D eigenvalue weighted by Crippen LogP contribution is -2.14. The Hall–Kier alpha value is -3.84. The van der Waals surface area contributed by atoms with Crippen molar-refractivity contribution < 1.29 is 9.59 Å². The van der Waals surface area contributed by atoms with Gasteiger partial charge in [-0.2, -0.15) is 0 Å². The van der Waals surface area contributed by atoms with Crippen molar-refractivity contribution in [2.75, 3.05) is 10.6 Å². The molecule has 0 spiro atoms. The lowest BCUT2D eigenvalue weighted by molar-refractivity contribution is -0.115. The number of anilines is 2. The number of aromatic nitrogens is 2. The van der Waals surface area contributed by atoms with Crippen molar-refractivity contribution in [1.29, 1.82) is 0 Å². The summed E-state index contributed by atoms with van der Waals surface area (Å²) >= 11 is 1.28. The van der Waals surface area contributed by atoms with E-state index in [1.54, 1.807) is 17.7 Å². The number of hydrogen-bond donors (Lipinski definition) is 2. The second-order valence-corrected chi connectivity index (χ2v) is 7.37. The number of benzene rings is 2. The van der Waals surface area contributed by atoms with E-state index in [1.807, 2.05) is 60.7 Å². The minimum Gasteiger partial charge on any atom is -0.326 e. The molecule has 0 aliphatic carbocycles. The molecule has 2 aromatic heterocycles. The van der Waals surface area contributed by atoms with Crippen LogP contribution < -0.4 is 10.6 Å². The monoisotopic (exact) mass is 414 g/mol. The maximum Gasteiger partial charge on any atom is 0.250 e. The predicted octanol–water partition coefficient (Wildman–Crippen LogP) is 4.52. The quantitative estimate of drug-likeness (QED) is 0.454. The van der Waals surface area contributed by atoms with Crippen LogP contribution in [0.3, 0.4) is 0 Å². The molecule has 6 nitrogen and oxygen atoms in total. The zero-order chi connectivity index (χ0) is 20.8. The summed E-state index contributed by atoms with van der Waals surface area (Å²) in [5, 5.41) is 8.77. The summed E-state index contributed by atoms with van der Waals surface area (Å²) in [4.78, 5) is 33.0. The fourth-order valence-corrected chi connectivity index (χ4v) is 3.56. The molecule has 0 aliphatic rings. The zero-order valence-corrected chi connectivity index (χ0v) is 16.7. The third-order valence-electron chi connectivity index (χ3n) is 4.24. The molecule has 7 heteroatoms. The van der Waals surface area contributed by atoms with Crippen LogP contribution in [0.15, 0.2) is 78.3 Å². The Balaban J connectivity index is 1.32. The van der Waals surface area contributed by atoms with Crippen LogP contribution in [0.1, 0.15) is 11.3 Å². The molecule has 0 bridgehead atoms. The summed E-state index contributed by atoms with van der Waals surface area (Å²) in [6.45, 7) is 0. The van der Waals surface area contributed by atoms with Gasteiger partial charge >= 0.3 is 0 Å². The molecule has 148 valence electrons. The third kappa shape index (κ3) is 5.15. The highest BCUT2D eigenvalue weighted by atomic mass is 32.1. The van der Waals surface area contributed by atoms with Crippen LogP contribution in [0.5, 0.6) is 0 Å². The normalized spacial score (nSPS) is 10.9. The molecule has 2 aromatic carbocycles. The fraction of sp³-hybridized carbons (Fsp3) is 0.0435. The van der Waals surface area contributed by atoms with E-state index in [4.69, 9.17) is 0 Å². The van der Waals surface area contributed by atoms with Gasteiger partial charge in [-0.3, -0.25) is 19.9 Å². The average molecular weight is 414 g/mol. The Morgan fingerprint density at radius 1 is 1.00 bits per heavy atom. The highest BCUT2D eigenvalue weighted by Crippen LogP contribution is 2.19. The number of nitrogens with zero attached hydrogens (tertiary/aromatic N) is 2. The molecule has 0 aliphatic heterocycles. The highest BCUT2D eigenvalue weighted by molar-refractivity contribution is 7.14. The second-order valence-electron chi connectivity index (χ2n) is 6.51. The summed E-state index contributed by atoms with van der Waals surface area (Å²) < 4.78 is 0. The molecule has 0 radical (unpaired) electrons. The van der Waals surface area contributed by atoms with E-state index in [1.165, 1.54) is 17.4 Å². The van der Waals surface area contributed by atoms with Gasteiger partial charge in [-0.15, -0.1) is 11.3 Å². The zero-order valence-electron chi connectivity index (χ0n) is 15.9. The van der Waals surface area contributed by atoms with Crippen LogP contribution in [-0.4, -0.2) is 21.8 Å². The Labute approximate surface area is 177 Å². The van der Waals surface area contributed by atoms with E-state index in [0.717, 1.165) is 16.5 Å².